The maximum atomic E-state index is 11.5. The Hall–Kier alpha value is -0.480. The number of fused-ring (bicyclic) bond motifs is 1. The Morgan fingerprint density at radius 2 is 2.00 bits per heavy atom. The normalized spacial score (nSPS) is 21.8. The van der Waals surface area contributed by atoms with E-state index in [1.165, 1.54) is 7.11 Å². The van der Waals surface area contributed by atoms with Gasteiger partial charge in [-0.3, -0.25) is 4.79 Å². The summed E-state index contributed by atoms with van der Waals surface area (Å²) in [7, 11) is 1.39. The summed E-state index contributed by atoms with van der Waals surface area (Å²) in [5, 5.41) is 0.987. The molecule has 0 bridgehead atoms. The highest BCUT2D eigenvalue weighted by molar-refractivity contribution is 6.42. The molecule has 6 heteroatoms. The van der Waals surface area contributed by atoms with Crippen molar-refractivity contribution in [2.24, 2.45) is 11.7 Å². The molecule has 0 saturated heterocycles. The summed E-state index contributed by atoms with van der Waals surface area (Å²) in [6.07, 6.45) is 1.18. The fourth-order valence-electron chi connectivity index (χ4n) is 2.25. The van der Waals surface area contributed by atoms with Crippen LogP contribution in [0.5, 0.6) is 0 Å². The number of carbonyl (C=O) groups excluding carboxylic acids is 1. The summed E-state index contributed by atoms with van der Waals surface area (Å²) in [6.45, 7) is 0. The van der Waals surface area contributed by atoms with Crippen molar-refractivity contribution in [2.75, 3.05) is 7.11 Å². The second-order valence-corrected chi connectivity index (χ2v) is 5.05. The van der Waals surface area contributed by atoms with Crippen LogP contribution in [0.15, 0.2) is 12.1 Å². The van der Waals surface area contributed by atoms with Gasteiger partial charge in [0.15, 0.2) is 0 Å². The second-order valence-electron chi connectivity index (χ2n) is 4.23. The molecule has 0 heterocycles. The largest absolute Gasteiger partial charge is 0.469 e. The van der Waals surface area contributed by atoms with Crippen LogP contribution < -0.4 is 5.73 Å². The first-order chi connectivity index (χ1) is 8.02. The first-order valence-corrected chi connectivity index (χ1v) is 6.09. The van der Waals surface area contributed by atoms with Crippen LogP contribution in [0, 0.1) is 5.92 Å². The van der Waals surface area contributed by atoms with Crippen molar-refractivity contribution < 1.29 is 9.53 Å². The van der Waals surface area contributed by atoms with Gasteiger partial charge in [0.25, 0.3) is 0 Å². The predicted molar refractivity (Wildman–Crippen MR) is 74.5 cm³/mol. The van der Waals surface area contributed by atoms with Gasteiger partial charge in [-0.2, -0.15) is 0 Å². The van der Waals surface area contributed by atoms with E-state index in [0.29, 0.717) is 22.9 Å². The van der Waals surface area contributed by atoms with E-state index in [1.54, 1.807) is 12.1 Å². The lowest BCUT2D eigenvalue weighted by Gasteiger charge is -2.28. The number of ether oxygens (including phenoxy) is 1. The fourth-order valence-corrected chi connectivity index (χ4v) is 2.61. The van der Waals surface area contributed by atoms with Crippen LogP contribution in [-0.4, -0.2) is 13.1 Å². The van der Waals surface area contributed by atoms with E-state index in [0.717, 1.165) is 11.1 Å². The summed E-state index contributed by atoms with van der Waals surface area (Å²) >= 11 is 11.9. The van der Waals surface area contributed by atoms with Crippen LogP contribution in [-0.2, 0) is 16.0 Å². The number of hydrogen-bond donors (Lipinski definition) is 1. The quantitative estimate of drug-likeness (QED) is 0.811. The Balaban J connectivity index is 0.00000162. The number of hydrogen-bond acceptors (Lipinski definition) is 3. The molecule has 3 nitrogen and oxygen atoms in total. The van der Waals surface area contributed by atoms with Crippen LogP contribution in [0.4, 0.5) is 0 Å². The molecular formula is C12H14Cl3NO2. The van der Waals surface area contributed by atoms with E-state index in [-0.39, 0.29) is 30.3 Å². The monoisotopic (exact) mass is 309 g/mol. The SMILES string of the molecule is COC(=O)C1Cc2cc(Cl)c(Cl)cc2C(N)C1.Cl. The minimum absolute atomic E-state index is 0. The van der Waals surface area contributed by atoms with Crippen LogP contribution >= 0.6 is 35.6 Å². The second kappa shape index (κ2) is 6.11. The molecule has 2 unspecified atom stereocenters. The third-order valence-corrected chi connectivity index (χ3v) is 3.84. The number of carbonyl (C=O) groups is 1. The highest BCUT2D eigenvalue weighted by Crippen LogP contribution is 2.36. The smallest absolute Gasteiger partial charge is 0.309 e. The first kappa shape index (κ1) is 15.6. The topological polar surface area (TPSA) is 52.3 Å². The van der Waals surface area contributed by atoms with Crippen molar-refractivity contribution in [2.45, 2.75) is 18.9 Å². The van der Waals surface area contributed by atoms with E-state index in [9.17, 15) is 4.79 Å². The Kier molecular flexibility index (Phi) is 5.29. The Morgan fingerprint density at radius 1 is 1.39 bits per heavy atom. The lowest BCUT2D eigenvalue weighted by Crippen LogP contribution is -2.29. The summed E-state index contributed by atoms with van der Waals surface area (Å²) in [5.74, 6) is -0.420. The molecule has 0 saturated carbocycles. The first-order valence-electron chi connectivity index (χ1n) is 5.34. The average Bonchev–Trinajstić information content (AvgIpc) is 2.30. The summed E-state index contributed by atoms with van der Waals surface area (Å²) < 4.78 is 4.75. The van der Waals surface area contributed by atoms with Gasteiger partial charge < -0.3 is 10.5 Å². The number of nitrogens with two attached hydrogens (primary N) is 1. The van der Waals surface area contributed by atoms with Gasteiger partial charge in [0.2, 0.25) is 0 Å². The van der Waals surface area contributed by atoms with Gasteiger partial charge in [0, 0.05) is 6.04 Å². The Morgan fingerprint density at radius 3 is 2.61 bits per heavy atom. The molecule has 1 aromatic rings. The lowest BCUT2D eigenvalue weighted by molar-refractivity contribution is -0.146. The van der Waals surface area contributed by atoms with Gasteiger partial charge in [-0.05, 0) is 36.1 Å². The van der Waals surface area contributed by atoms with Gasteiger partial charge >= 0.3 is 5.97 Å². The molecule has 2 rings (SSSR count). The molecular weight excluding hydrogens is 296 g/mol. The third kappa shape index (κ3) is 2.91. The molecule has 100 valence electrons. The molecule has 2 N–H and O–H groups in total. The third-order valence-electron chi connectivity index (χ3n) is 3.12. The molecule has 1 aromatic carbocycles. The maximum Gasteiger partial charge on any atom is 0.309 e. The van der Waals surface area contributed by atoms with E-state index < -0.39 is 0 Å². The molecule has 0 aliphatic heterocycles. The van der Waals surface area contributed by atoms with Crippen molar-refractivity contribution in [3.05, 3.63) is 33.3 Å². The predicted octanol–water partition coefficient (Wildman–Crippen LogP) is 3.15. The number of esters is 1. The lowest BCUT2D eigenvalue weighted by atomic mass is 9.81. The van der Waals surface area contributed by atoms with Crippen LogP contribution in [0.25, 0.3) is 0 Å². The van der Waals surface area contributed by atoms with Gasteiger partial charge in [0.1, 0.15) is 0 Å². The molecule has 0 spiro atoms. The van der Waals surface area contributed by atoms with Crippen LogP contribution in [0.1, 0.15) is 23.6 Å². The molecule has 1 aliphatic carbocycles. The Labute approximate surface area is 122 Å². The number of benzene rings is 1. The summed E-state index contributed by atoms with van der Waals surface area (Å²) in [4.78, 5) is 11.5. The minimum Gasteiger partial charge on any atom is -0.469 e. The zero-order valence-corrected chi connectivity index (χ0v) is 12.1. The van der Waals surface area contributed by atoms with E-state index in [4.69, 9.17) is 33.7 Å². The number of methoxy groups -OCH3 is 1. The van der Waals surface area contributed by atoms with Crippen molar-refractivity contribution in [1.29, 1.82) is 0 Å². The van der Waals surface area contributed by atoms with Gasteiger partial charge in [-0.1, -0.05) is 23.2 Å². The van der Waals surface area contributed by atoms with E-state index in [1.807, 2.05) is 0 Å². The zero-order valence-electron chi connectivity index (χ0n) is 9.78. The van der Waals surface area contributed by atoms with E-state index >= 15 is 0 Å². The van der Waals surface area contributed by atoms with Crippen molar-refractivity contribution in [3.63, 3.8) is 0 Å². The fraction of sp³-hybridized carbons (Fsp3) is 0.417. The maximum absolute atomic E-state index is 11.5. The molecule has 0 radical (unpaired) electrons. The zero-order chi connectivity index (χ0) is 12.6. The minimum atomic E-state index is -0.225. The average molecular weight is 311 g/mol. The molecule has 0 aromatic heterocycles. The van der Waals surface area contributed by atoms with Gasteiger partial charge in [-0.15, -0.1) is 12.4 Å². The van der Waals surface area contributed by atoms with Crippen molar-refractivity contribution >= 4 is 41.6 Å². The molecule has 0 fully saturated rings. The molecule has 1 aliphatic rings. The van der Waals surface area contributed by atoms with Crippen molar-refractivity contribution in [1.82, 2.24) is 0 Å². The molecule has 2 atom stereocenters. The van der Waals surface area contributed by atoms with Gasteiger partial charge in [-0.25, -0.2) is 0 Å². The molecule has 0 amide bonds. The standard InChI is InChI=1S/C12H13Cl2NO2.ClH/c1-17-12(16)7-2-6-3-9(13)10(14)5-8(6)11(15)4-7;/h3,5,7,11H,2,4,15H2,1H3;1H. The van der Waals surface area contributed by atoms with Crippen molar-refractivity contribution in [3.8, 4) is 0 Å². The van der Waals surface area contributed by atoms with Crippen LogP contribution in [0.3, 0.4) is 0 Å². The highest BCUT2D eigenvalue weighted by Gasteiger charge is 2.30. The Bertz CT molecular complexity index is 465. The summed E-state index contributed by atoms with van der Waals surface area (Å²) in [6, 6.07) is 3.38. The number of halogens is 3. The molecule has 18 heavy (non-hydrogen) atoms. The van der Waals surface area contributed by atoms with E-state index in [2.05, 4.69) is 0 Å². The highest BCUT2D eigenvalue weighted by atomic mass is 35.5. The summed E-state index contributed by atoms with van der Waals surface area (Å²) in [5.41, 5.74) is 7.99. The van der Waals surface area contributed by atoms with Crippen LogP contribution in [0.2, 0.25) is 10.0 Å². The number of rotatable bonds is 1. The van der Waals surface area contributed by atoms with Gasteiger partial charge in [0.05, 0.1) is 23.1 Å².